The van der Waals surface area contributed by atoms with Crippen molar-refractivity contribution < 1.29 is 4.79 Å². The molecule has 0 unspecified atom stereocenters. The SMILES string of the molecule is Cc1cccc(C(=O)Nc2cc(Br)ccc2I)c1Cl. The minimum absolute atomic E-state index is 0.204. The molecule has 0 aromatic heterocycles. The lowest BCUT2D eigenvalue weighted by atomic mass is 10.1. The van der Waals surface area contributed by atoms with Crippen molar-refractivity contribution in [3.63, 3.8) is 0 Å². The Labute approximate surface area is 138 Å². The van der Waals surface area contributed by atoms with E-state index in [1.54, 1.807) is 6.07 Å². The average Bonchev–Trinajstić information content (AvgIpc) is 2.37. The molecule has 0 aliphatic rings. The van der Waals surface area contributed by atoms with Crippen molar-refractivity contribution in [3.05, 3.63) is 60.6 Å². The van der Waals surface area contributed by atoms with E-state index in [1.165, 1.54) is 0 Å². The largest absolute Gasteiger partial charge is 0.321 e. The number of carbonyl (C=O) groups is 1. The van der Waals surface area contributed by atoms with Gasteiger partial charge in [-0.25, -0.2) is 0 Å². The van der Waals surface area contributed by atoms with Gasteiger partial charge in [-0.3, -0.25) is 4.79 Å². The van der Waals surface area contributed by atoms with E-state index in [4.69, 9.17) is 11.6 Å². The maximum atomic E-state index is 12.2. The molecule has 0 spiro atoms. The summed E-state index contributed by atoms with van der Waals surface area (Å²) in [7, 11) is 0. The lowest BCUT2D eigenvalue weighted by Crippen LogP contribution is -2.13. The highest BCUT2D eigenvalue weighted by molar-refractivity contribution is 14.1. The number of nitrogens with one attached hydrogen (secondary N) is 1. The Bertz CT molecular complexity index is 645. The van der Waals surface area contributed by atoms with Gasteiger partial charge in [0.2, 0.25) is 0 Å². The van der Waals surface area contributed by atoms with Crippen LogP contribution in [0.5, 0.6) is 0 Å². The maximum Gasteiger partial charge on any atom is 0.257 e. The van der Waals surface area contributed by atoms with Crippen LogP contribution in [0.1, 0.15) is 15.9 Å². The predicted octanol–water partition coefficient (Wildman–Crippen LogP) is 5.27. The molecule has 0 fully saturated rings. The first kappa shape index (κ1) is 14.8. The summed E-state index contributed by atoms with van der Waals surface area (Å²) < 4.78 is 1.89. The molecule has 0 bridgehead atoms. The third kappa shape index (κ3) is 3.49. The first-order chi connectivity index (χ1) is 8.99. The zero-order chi connectivity index (χ0) is 14.0. The Kier molecular flexibility index (Phi) is 4.86. The van der Waals surface area contributed by atoms with E-state index in [0.29, 0.717) is 10.6 Å². The lowest BCUT2D eigenvalue weighted by molar-refractivity contribution is 0.102. The van der Waals surface area contributed by atoms with Gasteiger partial charge in [0.15, 0.2) is 0 Å². The number of benzene rings is 2. The van der Waals surface area contributed by atoms with Gasteiger partial charge >= 0.3 is 0 Å². The van der Waals surface area contributed by atoms with Crippen LogP contribution in [0.2, 0.25) is 5.02 Å². The van der Waals surface area contributed by atoms with Crippen molar-refractivity contribution in [1.82, 2.24) is 0 Å². The molecule has 0 saturated carbocycles. The molecule has 0 atom stereocenters. The topological polar surface area (TPSA) is 29.1 Å². The van der Waals surface area contributed by atoms with Gasteiger partial charge in [0.1, 0.15) is 0 Å². The number of amides is 1. The van der Waals surface area contributed by atoms with Crippen LogP contribution < -0.4 is 5.32 Å². The molecule has 2 nitrogen and oxygen atoms in total. The fraction of sp³-hybridized carbons (Fsp3) is 0.0714. The second-order valence-corrected chi connectivity index (χ2v) is 6.47. The first-order valence-corrected chi connectivity index (χ1v) is 7.75. The quantitative estimate of drug-likeness (QED) is 0.621. The average molecular weight is 451 g/mol. The molecular formula is C14H10BrClINO. The molecule has 1 amide bonds. The van der Waals surface area contributed by atoms with Gasteiger partial charge in [0, 0.05) is 8.04 Å². The monoisotopic (exact) mass is 449 g/mol. The second-order valence-electron chi connectivity index (χ2n) is 4.01. The van der Waals surface area contributed by atoms with Crippen molar-refractivity contribution in [2.75, 3.05) is 5.32 Å². The van der Waals surface area contributed by atoms with Gasteiger partial charge in [0.25, 0.3) is 5.91 Å². The summed E-state index contributed by atoms with van der Waals surface area (Å²) in [6.07, 6.45) is 0. The van der Waals surface area contributed by atoms with Crippen molar-refractivity contribution >= 4 is 61.7 Å². The minimum Gasteiger partial charge on any atom is -0.321 e. The first-order valence-electron chi connectivity index (χ1n) is 5.50. The minimum atomic E-state index is -0.204. The molecule has 0 heterocycles. The molecule has 0 aliphatic heterocycles. The molecule has 5 heteroatoms. The van der Waals surface area contributed by atoms with Gasteiger partial charge in [-0.2, -0.15) is 0 Å². The Morgan fingerprint density at radius 3 is 2.79 bits per heavy atom. The summed E-state index contributed by atoms with van der Waals surface area (Å²) in [5, 5.41) is 3.37. The van der Waals surface area contributed by atoms with Gasteiger partial charge in [0.05, 0.1) is 16.3 Å². The van der Waals surface area contributed by atoms with E-state index in [0.717, 1.165) is 19.3 Å². The van der Waals surface area contributed by atoms with Gasteiger partial charge in [-0.15, -0.1) is 0 Å². The van der Waals surface area contributed by atoms with E-state index >= 15 is 0 Å². The number of rotatable bonds is 2. The number of hydrogen-bond donors (Lipinski definition) is 1. The summed E-state index contributed by atoms with van der Waals surface area (Å²) in [5.41, 5.74) is 2.13. The highest BCUT2D eigenvalue weighted by Crippen LogP contribution is 2.25. The lowest BCUT2D eigenvalue weighted by Gasteiger charge is -2.10. The van der Waals surface area contributed by atoms with Crippen LogP contribution in [0.4, 0.5) is 5.69 Å². The van der Waals surface area contributed by atoms with Gasteiger partial charge < -0.3 is 5.32 Å². The Morgan fingerprint density at radius 1 is 1.32 bits per heavy atom. The normalized spacial score (nSPS) is 10.3. The van der Waals surface area contributed by atoms with Crippen LogP contribution >= 0.6 is 50.1 Å². The zero-order valence-corrected chi connectivity index (χ0v) is 14.5. The molecule has 0 saturated heterocycles. The number of anilines is 1. The summed E-state index contributed by atoms with van der Waals surface area (Å²) in [5.74, 6) is -0.204. The Hall–Kier alpha value is -0.590. The van der Waals surface area contributed by atoms with Crippen LogP contribution in [0.3, 0.4) is 0 Å². The van der Waals surface area contributed by atoms with E-state index in [9.17, 15) is 4.79 Å². The summed E-state index contributed by atoms with van der Waals surface area (Å²) in [6.45, 7) is 1.88. The van der Waals surface area contributed by atoms with Crippen molar-refractivity contribution in [1.29, 1.82) is 0 Å². The fourth-order valence-corrected chi connectivity index (χ4v) is 2.65. The summed E-state index contributed by atoms with van der Waals surface area (Å²) in [4.78, 5) is 12.2. The van der Waals surface area contributed by atoms with Gasteiger partial charge in [-0.1, -0.05) is 39.7 Å². The second kappa shape index (κ2) is 6.24. The molecule has 0 radical (unpaired) electrons. The molecular weight excluding hydrogens is 440 g/mol. The van der Waals surface area contributed by atoms with Crippen LogP contribution in [-0.2, 0) is 0 Å². The van der Waals surface area contributed by atoms with Crippen molar-refractivity contribution in [2.24, 2.45) is 0 Å². The van der Waals surface area contributed by atoms with Crippen LogP contribution in [0.25, 0.3) is 0 Å². The molecule has 0 aliphatic carbocycles. The van der Waals surface area contributed by atoms with Crippen molar-refractivity contribution in [3.8, 4) is 0 Å². The van der Waals surface area contributed by atoms with Crippen LogP contribution in [0.15, 0.2) is 40.9 Å². The molecule has 19 heavy (non-hydrogen) atoms. The van der Waals surface area contributed by atoms with Crippen molar-refractivity contribution in [2.45, 2.75) is 6.92 Å². The number of hydrogen-bond acceptors (Lipinski definition) is 1. The third-order valence-electron chi connectivity index (χ3n) is 2.61. The highest BCUT2D eigenvalue weighted by Gasteiger charge is 2.13. The van der Waals surface area contributed by atoms with E-state index in [2.05, 4.69) is 43.8 Å². The molecule has 2 aromatic rings. The van der Waals surface area contributed by atoms with Gasteiger partial charge in [-0.05, 0) is 59.3 Å². The van der Waals surface area contributed by atoms with Crippen LogP contribution in [0, 0.1) is 10.5 Å². The Balaban J connectivity index is 2.31. The Morgan fingerprint density at radius 2 is 2.05 bits per heavy atom. The number of carbonyl (C=O) groups excluding carboxylic acids is 1. The number of halogens is 3. The highest BCUT2D eigenvalue weighted by atomic mass is 127. The smallest absolute Gasteiger partial charge is 0.257 e. The van der Waals surface area contributed by atoms with E-state index in [-0.39, 0.29) is 5.91 Å². The predicted molar refractivity (Wildman–Crippen MR) is 91.0 cm³/mol. The van der Waals surface area contributed by atoms with E-state index in [1.807, 2.05) is 37.3 Å². The fourth-order valence-electron chi connectivity index (χ4n) is 1.61. The molecule has 2 aromatic carbocycles. The summed E-state index contributed by atoms with van der Waals surface area (Å²) >= 11 is 11.7. The molecule has 2 rings (SSSR count). The number of aryl methyl sites for hydroxylation is 1. The maximum absolute atomic E-state index is 12.2. The zero-order valence-electron chi connectivity index (χ0n) is 10.0. The van der Waals surface area contributed by atoms with E-state index < -0.39 is 0 Å². The third-order valence-corrected chi connectivity index (χ3v) is 4.55. The van der Waals surface area contributed by atoms with Crippen LogP contribution in [-0.4, -0.2) is 5.91 Å². The summed E-state index contributed by atoms with van der Waals surface area (Å²) in [6, 6.07) is 11.1. The standard InChI is InChI=1S/C14H10BrClINO/c1-8-3-2-4-10(13(8)16)14(19)18-12-7-9(15)5-6-11(12)17/h2-7H,1H3,(H,18,19). The molecule has 1 N–H and O–H groups in total. The molecule has 98 valence electrons.